The third-order valence-corrected chi connectivity index (χ3v) is 2.93. The summed E-state index contributed by atoms with van der Waals surface area (Å²) in [4.78, 5) is 11.4. The van der Waals surface area contributed by atoms with E-state index < -0.39 is 0 Å². The molecule has 1 saturated carbocycles. The van der Waals surface area contributed by atoms with Gasteiger partial charge in [-0.3, -0.25) is 4.79 Å². The molecule has 0 atom stereocenters. The smallest absolute Gasteiger partial charge is 0.257 e. The van der Waals surface area contributed by atoms with Gasteiger partial charge in [-0.05, 0) is 30.9 Å². The van der Waals surface area contributed by atoms with E-state index in [1.165, 1.54) is 19.3 Å². The number of para-hydroxylation sites is 1. The van der Waals surface area contributed by atoms with Crippen molar-refractivity contribution in [2.75, 3.05) is 13.2 Å². The molecule has 0 spiro atoms. The number of carbonyl (C=O) groups is 1. The van der Waals surface area contributed by atoms with Crippen LogP contribution in [0.3, 0.4) is 0 Å². The van der Waals surface area contributed by atoms with Gasteiger partial charge in [-0.15, -0.1) is 0 Å². The van der Waals surface area contributed by atoms with Crippen LogP contribution in [0, 0.1) is 5.92 Å². The molecule has 3 heteroatoms. The van der Waals surface area contributed by atoms with Crippen LogP contribution in [0.15, 0.2) is 30.3 Å². The van der Waals surface area contributed by atoms with Crippen LogP contribution >= 0.6 is 0 Å². The molecule has 0 saturated heterocycles. The fourth-order valence-electron chi connectivity index (χ4n) is 1.67. The van der Waals surface area contributed by atoms with Gasteiger partial charge in [0.05, 0.1) is 0 Å². The zero-order valence-corrected chi connectivity index (χ0v) is 9.32. The Morgan fingerprint density at radius 2 is 2.06 bits per heavy atom. The highest BCUT2D eigenvalue weighted by molar-refractivity contribution is 5.77. The molecule has 0 radical (unpaired) electrons. The minimum absolute atomic E-state index is 0.0317. The van der Waals surface area contributed by atoms with Gasteiger partial charge in [-0.1, -0.05) is 24.6 Å². The molecular weight excluding hydrogens is 202 g/mol. The van der Waals surface area contributed by atoms with E-state index in [1.54, 1.807) is 0 Å². The van der Waals surface area contributed by atoms with Crippen molar-refractivity contribution >= 4 is 5.91 Å². The van der Waals surface area contributed by atoms with Crippen LogP contribution in [0.4, 0.5) is 0 Å². The van der Waals surface area contributed by atoms with Gasteiger partial charge in [0, 0.05) is 6.54 Å². The molecule has 2 rings (SSSR count). The standard InChI is InChI=1S/C13H17NO2/c15-13(14-9-11-5-4-6-11)10-16-12-7-2-1-3-8-12/h1-3,7-8,11H,4-6,9-10H2,(H,14,15). The number of nitrogens with one attached hydrogen (secondary N) is 1. The second-order valence-electron chi connectivity index (χ2n) is 4.20. The quantitative estimate of drug-likeness (QED) is 0.822. The Bertz CT molecular complexity index is 333. The van der Waals surface area contributed by atoms with Crippen LogP contribution in [-0.4, -0.2) is 19.1 Å². The zero-order valence-electron chi connectivity index (χ0n) is 9.32. The molecule has 1 aliphatic carbocycles. The number of hydrogen-bond donors (Lipinski definition) is 1. The Morgan fingerprint density at radius 3 is 2.69 bits per heavy atom. The Kier molecular flexibility index (Phi) is 3.81. The van der Waals surface area contributed by atoms with Gasteiger partial charge in [0.15, 0.2) is 6.61 Å². The highest BCUT2D eigenvalue weighted by atomic mass is 16.5. The summed E-state index contributed by atoms with van der Waals surface area (Å²) in [6, 6.07) is 9.39. The van der Waals surface area contributed by atoms with Gasteiger partial charge in [0.2, 0.25) is 0 Å². The molecule has 0 aromatic heterocycles. The molecule has 0 aliphatic heterocycles. The van der Waals surface area contributed by atoms with E-state index in [-0.39, 0.29) is 12.5 Å². The largest absolute Gasteiger partial charge is 0.484 e. The van der Waals surface area contributed by atoms with Crippen LogP contribution in [-0.2, 0) is 4.79 Å². The fraction of sp³-hybridized carbons (Fsp3) is 0.462. The molecule has 86 valence electrons. The van der Waals surface area contributed by atoms with Gasteiger partial charge in [-0.2, -0.15) is 0 Å². The predicted octanol–water partition coefficient (Wildman–Crippen LogP) is 1.98. The van der Waals surface area contributed by atoms with Crippen molar-refractivity contribution in [3.63, 3.8) is 0 Å². The highest BCUT2D eigenvalue weighted by Crippen LogP contribution is 2.25. The molecule has 1 aromatic rings. The molecular formula is C13H17NO2. The summed E-state index contributed by atoms with van der Waals surface area (Å²) in [5, 5.41) is 2.89. The summed E-state index contributed by atoms with van der Waals surface area (Å²) in [6.45, 7) is 0.910. The maximum Gasteiger partial charge on any atom is 0.257 e. The SMILES string of the molecule is O=C(COc1ccccc1)NCC1CCC1. The summed E-state index contributed by atoms with van der Waals surface area (Å²) in [7, 11) is 0. The first-order chi connectivity index (χ1) is 7.84. The van der Waals surface area contributed by atoms with E-state index in [0.717, 1.165) is 12.3 Å². The molecule has 0 bridgehead atoms. The minimum Gasteiger partial charge on any atom is -0.484 e. The fourth-order valence-corrected chi connectivity index (χ4v) is 1.67. The van der Waals surface area contributed by atoms with Crippen molar-refractivity contribution < 1.29 is 9.53 Å². The summed E-state index contributed by atoms with van der Waals surface area (Å²) >= 11 is 0. The van der Waals surface area contributed by atoms with E-state index >= 15 is 0 Å². The predicted molar refractivity (Wildman–Crippen MR) is 62.3 cm³/mol. The molecule has 0 unspecified atom stereocenters. The first kappa shape index (κ1) is 11.0. The molecule has 0 heterocycles. The Labute approximate surface area is 95.8 Å². The van der Waals surface area contributed by atoms with Crippen molar-refractivity contribution in [2.45, 2.75) is 19.3 Å². The lowest BCUT2D eigenvalue weighted by molar-refractivity contribution is -0.123. The van der Waals surface area contributed by atoms with Crippen molar-refractivity contribution in [2.24, 2.45) is 5.92 Å². The lowest BCUT2D eigenvalue weighted by Crippen LogP contribution is -2.35. The van der Waals surface area contributed by atoms with Crippen molar-refractivity contribution in [1.82, 2.24) is 5.32 Å². The number of hydrogen-bond acceptors (Lipinski definition) is 2. The number of carbonyl (C=O) groups excluding carboxylic acids is 1. The van der Waals surface area contributed by atoms with Gasteiger partial charge in [0.25, 0.3) is 5.91 Å². The van der Waals surface area contributed by atoms with E-state index in [9.17, 15) is 4.79 Å². The molecule has 16 heavy (non-hydrogen) atoms. The lowest BCUT2D eigenvalue weighted by atomic mass is 9.85. The molecule has 1 fully saturated rings. The maximum atomic E-state index is 11.4. The van der Waals surface area contributed by atoms with Gasteiger partial charge >= 0.3 is 0 Å². The Morgan fingerprint density at radius 1 is 1.31 bits per heavy atom. The van der Waals surface area contributed by atoms with E-state index in [1.807, 2.05) is 30.3 Å². The maximum absolute atomic E-state index is 11.4. The highest BCUT2D eigenvalue weighted by Gasteiger charge is 2.17. The van der Waals surface area contributed by atoms with Crippen molar-refractivity contribution in [3.8, 4) is 5.75 Å². The number of amides is 1. The van der Waals surface area contributed by atoms with Crippen LogP contribution in [0.5, 0.6) is 5.75 Å². The molecule has 1 amide bonds. The first-order valence-electron chi connectivity index (χ1n) is 5.79. The Hall–Kier alpha value is -1.51. The van der Waals surface area contributed by atoms with E-state index in [4.69, 9.17) is 4.74 Å². The summed E-state index contributed by atoms with van der Waals surface area (Å²) in [5.41, 5.74) is 0. The summed E-state index contributed by atoms with van der Waals surface area (Å²) in [5.74, 6) is 1.40. The summed E-state index contributed by atoms with van der Waals surface area (Å²) < 4.78 is 5.34. The summed E-state index contributed by atoms with van der Waals surface area (Å²) in [6.07, 6.45) is 3.81. The first-order valence-corrected chi connectivity index (χ1v) is 5.79. The van der Waals surface area contributed by atoms with Gasteiger partial charge < -0.3 is 10.1 Å². The van der Waals surface area contributed by atoms with Crippen LogP contribution in [0.2, 0.25) is 0 Å². The normalized spacial score (nSPS) is 15.2. The number of benzene rings is 1. The lowest BCUT2D eigenvalue weighted by Gasteiger charge is -2.25. The molecule has 1 aromatic carbocycles. The zero-order chi connectivity index (χ0) is 11.2. The third kappa shape index (κ3) is 3.26. The van der Waals surface area contributed by atoms with E-state index in [0.29, 0.717) is 5.92 Å². The van der Waals surface area contributed by atoms with Gasteiger partial charge in [-0.25, -0.2) is 0 Å². The van der Waals surface area contributed by atoms with Crippen LogP contribution in [0.1, 0.15) is 19.3 Å². The number of ether oxygens (including phenoxy) is 1. The van der Waals surface area contributed by atoms with Gasteiger partial charge in [0.1, 0.15) is 5.75 Å². The van der Waals surface area contributed by atoms with Crippen LogP contribution in [0.25, 0.3) is 0 Å². The molecule has 1 aliphatic rings. The Balaban J connectivity index is 1.63. The molecule has 1 N–H and O–H groups in total. The third-order valence-electron chi connectivity index (χ3n) is 2.93. The van der Waals surface area contributed by atoms with Crippen LogP contribution < -0.4 is 10.1 Å². The topological polar surface area (TPSA) is 38.3 Å². The molecule has 3 nitrogen and oxygen atoms in total. The second-order valence-corrected chi connectivity index (χ2v) is 4.20. The second kappa shape index (κ2) is 5.54. The average Bonchev–Trinajstić information content (AvgIpc) is 2.26. The number of rotatable bonds is 5. The van der Waals surface area contributed by atoms with E-state index in [2.05, 4.69) is 5.32 Å². The average molecular weight is 219 g/mol. The van der Waals surface area contributed by atoms with Crippen molar-refractivity contribution in [3.05, 3.63) is 30.3 Å². The monoisotopic (exact) mass is 219 g/mol. The minimum atomic E-state index is -0.0317. The van der Waals surface area contributed by atoms with Crippen molar-refractivity contribution in [1.29, 1.82) is 0 Å².